The molecule has 0 fully saturated rings. The fourth-order valence-corrected chi connectivity index (χ4v) is 2.07. The average Bonchev–Trinajstić information content (AvgIpc) is 2.62. The molecule has 126 valence electrons. The Morgan fingerprint density at radius 2 is 1.88 bits per heavy atom. The molecule has 0 radical (unpaired) electrons. The molecule has 2 rings (SSSR count). The predicted octanol–water partition coefficient (Wildman–Crippen LogP) is 1.91. The summed E-state index contributed by atoms with van der Waals surface area (Å²) < 4.78 is 10.7. The summed E-state index contributed by atoms with van der Waals surface area (Å²) in [6, 6.07) is 11.4. The van der Waals surface area contributed by atoms with E-state index in [0.29, 0.717) is 17.4 Å². The Balaban J connectivity index is 1.87. The third-order valence-electron chi connectivity index (χ3n) is 3.11. The largest absolute Gasteiger partial charge is 0.497 e. The first-order valence-corrected chi connectivity index (χ1v) is 7.67. The zero-order valence-corrected chi connectivity index (χ0v) is 14.1. The van der Waals surface area contributed by atoms with Crippen LogP contribution in [0.3, 0.4) is 0 Å². The average molecular weight is 345 g/mol. The maximum Gasteiger partial charge on any atom is 0.276 e. The molecular weight excluding hydrogens is 326 g/mol. The molecule has 0 aliphatic heterocycles. The lowest BCUT2D eigenvalue weighted by molar-refractivity contribution is -0.123. The topological polar surface area (TPSA) is 71.6 Å². The number of amides is 1. The van der Waals surface area contributed by atoms with Crippen LogP contribution in [0.15, 0.2) is 49.1 Å². The van der Waals surface area contributed by atoms with Crippen molar-refractivity contribution in [1.82, 2.24) is 16.2 Å². The molecule has 2 aromatic rings. The number of hydrogen-bond acceptors (Lipinski definition) is 4. The summed E-state index contributed by atoms with van der Waals surface area (Å²) in [6.45, 7) is 3.94. The lowest BCUT2D eigenvalue weighted by atomic mass is 10.1. The Bertz CT molecular complexity index is 749. The number of hydrogen-bond donors (Lipinski definition) is 3. The first kappa shape index (κ1) is 17.6. The molecule has 0 unspecified atom stereocenters. The van der Waals surface area contributed by atoms with Crippen molar-refractivity contribution in [3.05, 3.63) is 49.1 Å². The smallest absolute Gasteiger partial charge is 0.276 e. The van der Waals surface area contributed by atoms with Gasteiger partial charge in [0.25, 0.3) is 5.91 Å². The quantitative estimate of drug-likeness (QED) is 0.422. The highest BCUT2D eigenvalue weighted by molar-refractivity contribution is 7.80. The summed E-state index contributed by atoms with van der Waals surface area (Å²) in [6.07, 6.45) is 1.66. The van der Waals surface area contributed by atoms with Crippen LogP contribution in [0, 0.1) is 0 Å². The minimum atomic E-state index is -0.344. The molecule has 0 atom stereocenters. The summed E-state index contributed by atoms with van der Waals surface area (Å²) in [5, 5.41) is 5.17. The Labute approximate surface area is 145 Å². The summed E-state index contributed by atoms with van der Waals surface area (Å²) in [7, 11) is 1.62. The van der Waals surface area contributed by atoms with Gasteiger partial charge in [-0.05, 0) is 47.3 Å². The van der Waals surface area contributed by atoms with Gasteiger partial charge in [0.1, 0.15) is 11.5 Å². The van der Waals surface area contributed by atoms with E-state index in [0.717, 1.165) is 16.5 Å². The summed E-state index contributed by atoms with van der Waals surface area (Å²) in [5.74, 6) is 1.02. The lowest BCUT2D eigenvalue weighted by Crippen LogP contribution is -2.48. The van der Waals surface area contributed by atoms with Crippen molar-refractivity contribution in [1.29, 1.82) is 0 Å². The van der Waals surface area contributed by atoms with Crippen LogP contribution in [0.1, 0.15) is 0 Å². The van der Waals surface area contributed by atoms with E-state index in [2.05, 4.69) is 22.7 Å². The number of methoxy groups -OCH3 is 1. The number of thiocarbonyl (C=S) groups is 1. The molecule has 1 amide bonds. The van der Waals surface area contributed by atoms with E-state index in [9.17, 15) is 4.79 Å². The number of ether oxygens (including phenoxy) is 2. The Hall–Kier alpha value is -2.80. The molecule has 2 aromatic carbocycles. The summed E-state index contributed by atoms with van der Waals surface area (Å²) >= 11 is 4.95. The fourth-order valence-electron chi connectivity index (χ4n) is 1.94. The number of hydrazine groups is 1. The Kier molecular flexibility index (Phi) is 6.39. The maximum atomic E-state index is 11.7. The Morgan fingerprint density at radius 1 is 1.17 bits per heavy atom. The van der Waals surface area contributed by atoms with E-state index in [-0.39, 0.29) is 12.5 Å². The van der Waals surface area contributed by atoms with Gasteiger partial charge in [-0.3, -0.25) is 15.6 Å². The van der Waals surface area contributed by atoms with Gasteiger partial charge in [0.15, 0.2) is 11.7 Å². The van der Waals surface area contributed by atoms with Crippen LogP contribution in [-0.4, -0.2) is 31.3 Å². The van der Waals surface area contributed by atoms with E-state index < -0.39 is 0 Å². The predicted molar refractivity (Wildman–Crippen MR) is 98.1 cm³/mol. The minimum absolute atomic E-state index is 0.132. The number of benzene rings is 2. The van der Waals surface area contributed by atoms with Crippen molar-refractivity contribution >= 4 is 34.0 Å². The van der Waals surface area contributed by atoms with E-state index in [1.165, 1.54) is 0 Å². The van der Waals surface area contributed by atoms with Gasteiger partial charge in [-0.1, -0.05) is 18.2 Å². The second-order valence-corrected chi connectivity index (χ2v) is 5.24. The van der Waals surface area contributed by atoms with Crippen molar-refractivity contribution in [3.8, 4) is 11.5 Å². The van der Waals surface area contributed by atoms with Gasteiger partial charge in [0.05, 0.1) is 7.11 Å². The van der Waals surface area contributed by atoms with Gasteiger partial charge in [-0.15, -0.1) is 6.58 Å². The number of carbonyl (C=O) groups excluding carboxylic acids is 1. The molecule has 24 heavy (non-hydrogen) atoms. The molecule has 6 nitrogen and oxygen atoms in total. The van der Waals surface area contributed by atoms with Gasteiger partial charge >= 0.3 is 0 Å². The van der Waals surface area contributed by atoms with Crippen LogP contribution in [0.25, 0.3) is 10.8 Å². The molecule has 0 bridgehead atoms. The van der Waals surface area contributed by atoms with Crippen LogP contribution in [0.5, 0.6) is 11.5 Å². The van der Waals surface area contributed by atoms with Crippen LogP contribution < -0.4 is 25.6 Å². The zero-order valence-electron chi connectivity index (χ0n) is 13.3. The number of rotatable bonds is 6. The van der Waals surface area contributed by atoms with Crippen LogP contribution in [-0.2, 0) is 4.79 Å². The molecule has 7 heteroatoms. The highest BCUT2D eigenvalue weighted by atomic mass is 32.1. The van der Waals surface area contributed by atoms with Gasteiger partial charge in [-0.25, -0.2) is 0 Å². The van der Waals surface area contributed by atoms with Crippen LogP contribution >= 0.6 is 12.2 Å². The van der Waals surface area contributed by atoms with Crippen molar-refractivity contribution in [2.75, 3.05) is 20.3 Å². The maximum absolute atomic E-state index is 11.7. The van der Waals surface area contributed by atoms with Crippen molar-refractivity contribution in [2.24, 2.45) is 0 Å². The molecule has 0 aliphatic rings. The standard InChI is InChI=1S/C17H19N3O3S/c1-3-8-18-17(24)20-19-16(21)11-23-15-7-5-12-4-6-14(22-2)9-13(12)10-15/h3-7,9-10H,1,8,11H2,2H3,(H,19,21)(H2,18,20,24). The third-order valence-corrected chi connectivity index (χ3v) is 3.36. The van der Waals surface area contributed by atoms with E-state index in [1.807, 2.05) is 36.4 Å². The van der Waals surface area contributed by atoms with Gasteiger partial charge in [0, 0.05) is 6.54 Å². The Morgan fingerprint density at radius 3 is 2.58 bits per heavy atom. The molecule has 0 spiro atoms. The van der Waals surface area contributed by atoms with Gasteiger partial charge in [-0.2, -0.15) is 0 Å². The fraction of sp³-hybridized carbons (Fsp3) is 0.176. The number of fused-ring (bicyclic) bond motifs is 1. The second kappa shape index (κ2) is 8.73. The highest BCUT2D eigenvalue weighted by Gasteiger charge is 2.04. The van der Waals surface area contributed by atoms with E-state index >= 15 is 0 Å². The minimum Gasteiger partial charge on any atom is -0.497 e. The van der Waals surface area contributed by atoms with E-state index in [1.54, 1.807) is 13.2 Å². The third kappa shape index (κ3) is 5.13. The first-order valence-electron chi connectivity index (χ1n) is 7.26. The lowest BCUT2D eigenvalue weighted by Gasteiger charge is -2.11. The van der Waals surface area contributed by atoms with Crippen LogP contribution in [0.4, 0.5) is 0 Å². The second-order valence-electron chi connectivity index (χ2n) is 4.84. The molecule has 0 saturated carbocycles. The zero-order chi connectivity index (χ0) is 17.4. The molecule has 0 aliphatic carbocycles. The van der Waals surface area contributed by atoms with Crippen LogP contribution in [0.2, 0.25) is 0 Å². The van der Waals surface area contributed by atoms with E-state index in [4.69, 9.17) is 21.7 Å². The van der Waals surface area contributed by atoms with Crippen molar-refractivity contribution in [3.63, 3.8) is 0 Å². The SMILES string of the molecule is C=CCNC(=S)NNC(=O)COc1ccc2ccc(OC)cc2c1. The number of carbonyl (C=O) groups is 1. The molecular formula is C17H19N3O3S. The van der Waals surface area contributed by atoms with Gasteiger partial charge in [0.2, 0.25) is 0 Å². The molecule has 0 aromatic heterocycles. The summed E-state index contributed by atoms with van der Waals surface area (Å²) in [5.41, 5.74) is 5.02. The molecule has 0 heterocycles. The summed E-state index contributed by atoms with van der Waals surface area (Å²) in [4.78, 5) is 11.7. The molecule has 3 N–H and O–H groups in total. The highest BCUT2D eigenvalue weighted by Crippen LogP contribution is 2.24. The number of nitrogens with one attached hydrogen (secondary N) is 3. The monoisotopic (exact) mass is 345 g/mol. The normalized spacial score (nSPS) is 9.88. The molecule has 0 saturated heterocycles. The van der Waals surface area contributed by atoms with Crippen molar-refractivity contribution in [2.45, 2.75) is 0 Å². The first-order chi connectivity index (χ1) is 11.6. The van der Waals surface area contributed by atoms with Crippen molar-refractivity contribution < 1.29 is 14.3 Å². The van der Waals surface area contributed by atoms with Gasteiger partial charge < -0.3 is 14.8 Å².